The summed E-state index contributed by atoms with van der Waals surface area (Å²) in [6, 6.07) is 29.5. The zero-order chi connectivity index (χ0) is 19.2. The molecule has 4 aromatic rings. The minimum Gasteiger partial charge on any atom is -0.457 e. The summed E-state index contributed by atoms with van der Waals surface area (Å²) in [7, 11) is 0. The Labute approximate surface area is 167 Å². The summed E-state index contributed by atoms with van der Waals surface area (Å²) >= 11 is 1.47. The second kappa shape index (κ2) is 8.34. The van der Waals surface area contributed by atoms with Gasteiger partial charge in [0.25, 0.3) is 0 Å². The topological polar surface area (TPSA) is 45.9 Å². The quantitative estimate of drug-likeness (QED) is 0.363. The number of nitriles is 1. The van der Waals surface area contributed by atoms with E-state index in [-0.39, 0.29) is 0 Å². The van der Waals surface area contributed by atoms with Crippen molar-refractivity contribution >= 4 is 23.0 Å². The van der Waals surface area contributed by atoms with Gasteiger partial charge in [-0.25, -0.2) is 4.98 Å². The molecule has 0 spiro atoms. The third-order valence-electron chi connectivity index (χ3n) is 4.07. The van der Waals surface area contributed by atoms with Crippen LogP contribution in [0.3, 0.4) is 0 Å². The fraction of sp³-hybridized carbons (Fsp3) is 0. The standard InChI is InChI=1S/C24H16N2OS/c25-16-20(24-26-23(17-28-24)19-9-3-1-4-10-19)14-18-8-7-13-22(15-18)27-21-11-5-2-6-12-21/h1-15,17H. The molecule has 0 bridgehead atoms. The van der Waals surface area contributed by atoms with Gasteiger partial charge in [0.2, 0.25) is 0 Å². The molecule has 1 heterocycles. The van der Waals surface area contributed by atoms with Crippen LogP contribution in [-0.4, -0.2) is 4.98 Å². The molecule has 0 aliphatic heterocycles. The van der Waals surface area contributed by atoms with Crippen molar-refractivity contribution in [2.24, 2.45) is 0 Å². The highest BCUT2D eigenvalue weighted by atomic mass is 32.1. The highest BCUT2D eigenvalue weighted by Gasteiger charge is 2.09. The predicted molar refractivity (Wildman–Crippen MR) is 114 cm³/mol. The van der Waals surface area contributed by atoms with Crippen LogP contribution in [0.1, 0.15) is 10.6 Å². The molecule has 0 saturated carbocycles. The molecule has 4 rings (SSSR count). The number of benzene rings is 3. The lowest BCUT2D eigenvalue weighted by Crippen LogP contribution is -1.85. The van der Waals surface area contributed by atoms with Crippen LogP contribution in [0.2, 0.25) is 0 Å². The summed E-state index contributed by atoms with van der Waals surface area (Å²) in [6.45, 7) is 0. The molecule has 0 unspecified atom stereocenters. The Morgan fingerprint density at radius 3 is 2.36 bits per heavy atom. The lowest BCUT2D eigenvalue weighted by atomic mass is 10.1. The molecular formula is C24H16N2OS. The van der Waals surface area contributed by atoms with Crippen molar-refractivity contribution in [3.8, 4) is 28.8 Å². The van der Waals surface area contributed by atoms with Gasteiger partial charge in [-0.15, -0.1) is 11.3 Å². The van der Waals surface area contributed by atoms with Crippen LogP contribution in [0.5, 0.6) is 11.5 Å². The van der Waals surface area contributed by atoms with Gasteiger partial charge in [-0.2, -0.15) is 5.26 Å². The second-order valence-corrected chi connectivity index (χ2v) is 6.92. The molecule has 134 valence electrons. The van der Waals surface area contributed by atoms with Crippen LogP contribution < -0.4 is 4.74 Å². The smallest absolute Gasteiger partial charge is 0.134 e. The lowest BCUT2D eigenvalue weighted by molar-refractivity contribution is 0.482. The van der Waals surface area contributed by atoms with Crippen LogP contribution in [0.15, 0.2) is 90.3 Å². The predicted octanol–water partition coefficient (Wildman–Crippen LogP) is 6.67. The Hall–Kier alpha value is -3.68. The minimum absolute atomic E-state index is 0.532. The van der Waals surface area contributed by atoms with Gasteiger partial charge >= 0.3 is 0 Å². The number of hydrogen-bond donors (Lipinski definition) is 0. The van der Waals surface area contributed by atoms with Gasteiger partial charge in [-0.3, -0.25) is 0 Å². The summed E-state index contributed by atoms with van der Waals surface area (Å²) in [5, 5.41) is 12.3. The van der Waals surface area contributed by atoms with Gasteiger partial charge < -0.3 is 4.74 Å². The maximum absolute atomic E-state index is 9.64. The van der Waals surface area contributed by atoms with Crippen molar-refractivity contribution in [3.05, 3.63) is 101 Å². The van der Waals surface area contributed by atoms with Gasteiger partial charge in [-0.1, -0.05) is 60.7 Å². The van der Waals surface area contributed by atoms with Crippen molar-refractivity contribution in [1.29, 1.82) is 5.26 Å². The molecule has 0 atom stereocenters. The normalized spacial score (nSPS) is 11.0. The number of hydrogen-bond acceptors (Lipinski definition) is 4. The van der Waals surface area contributed by atoms with Crippen molar-refractivity contribution in [2.75, 3.05) is 0 Å². The zero-order valence-electron chi connectivity index (χ0n) is 14.9. The molecule has 3 nitrogen and oxygen atoms in total. The number of thiazole rings is 1. The lowest BCUT2D eigenvalue weighted by Gasteiger charge is -2.06. The number of rotatable bonds is 5. The molecule has 3 aromatic carbocycles. The van der Waals surface area contributed by atoms with E-state index in [1.807, 2.05) is 96.4 Å². The van der Waals surface area contributed by atoms with E-state index in [1.165, 1.54) is 11.3 Å². The van der Waals surface area contributed by atoms with Crippen molar-refractivity contribution < 1.29 is 4.74 Å². The van der Waals surface area contributed by atoms with E-state index < -0.39 is 0 Å². The first-order valence-electron chi connectivity index (χ1n) is 8.78. The second-order valence-electron chi connectivity index (χ2n) is 6.06. The first kappa shape index (κ1) is 17.7. The molecule has 4 heteroatoms. The van der Waals surface area contributed by atoms with E-state index in [4.69, 9.17) is 4.74 Å². The molecule has 0 N–H and O–H groups in total. The number of aromatic nitrogens is 1. The molecule has 28 heavy (non-hydrogen) atoms. The summed E-state index contributed by atoms with van der Waals surface area (Å²) in [5.41, 5.74) is 3.34. The Bertz CT molecular complexity index is 1140. The summed E-state index contributed by atoms with van der Waals surface area (Å²) in [6.07, 6.45) is 1.84. The third kappa shape index (κ3) is 4.17. The number of para-hydroxylation sites is 1. The maximum Gasteiger partial charge on any atom is 0.134 e. The van der Waals surface area contributed by atoms with Crippen molar-refractivity contribution in [2.45, 2.75) is 0 Å². The third-order valence-corrected chi connectivity index (χ3v) is 4.95. The molecule has 0 aliphatic rings. The van der Waals surface area contributed by atoms with E-state index >= 15 is 0 Å². The summed E-state index contributed by atoms with van der Waals surface area (Å²) in [4.78, 5) is 4.63. The Kier molecular flexibility index (Phi) is 5.28. The fourth-order valence-electron chi connectivity index (χ4n) is 2.74. The summed E-state index contributed by atoms with van der Waals surface area (Å²) in [5.74, 6) is 1.50. The summed E-state index contributed by atoms with van der Waals surface area (Å²) < 4.78 is 5.88. The van der Waals surface area contributed by atoms with E-state index in [1.54, 1.807) is 0 Å². The van der Waals surface area contributed by atoms with Gasteiger partial charge in [0.1, 0.15) is 22.6 Å². The average molecular weight is 380 g/mol. The van der Waals surface area contributed by atoms with Crippen molar-refractivity contribution in [3.63, 3.8) is 0 Å². The van der Waals surface area contributed by atoms with Crippen molar-refractivity contribution in [1.82, 2.24) is 4.98 Å². The van der Waals surface area contributed by atoms with Crippen LogP contribution >= 0.6 is 11.3 Å². The van der Waals surface area contributed by atoms with Gasteiger partial charge in [0.05, 0.1) is 11.3 Å². The van der Waals surface area contributed by atoms with Crippen LogP contribution in [-0.2, 0) is 0 Å². The molecule has 0 saturated heterocycles. The first-order chi connectivity index (χ1) is 13.8. The number of nitrogens with zero attached hydrogens (tertiary/aromatic N) is 2. The molecular weight excluding hydrogens is 364 g/mol. The Balaban J connectivity index is 1.60. The van der Waals surface area contributed by atoms with E-state index in [2.05, 4.69) is 11.1 Å². The van der Waals surface area contributed by atoms with E-state index in [9.17, 15) is 5.26 Å². The highest BCUT2D eigenvalue weighted by Crippen LogP contribution is 2.28. The van der Waals surface area contributed by atoms with Crippen LogP contribution in [0.25, 0.3) is 22.9 Å². The average Bonchev–Trinajstić information content (AvgIpc) is 3.24. The highest BCUT2D eigenvalue weighted by molar-refractivity contribution is 7.11. The molecule has 0 fully saturated rings. The monoisotopic (exact) mass is 380 g/mol. The van der Waals surface area contributed by atoms with Crippen LogP contribution in [0, 0.1) is 11.3 Å². The Morgan fingerprint density at radius 1 is 0.893 bits per heavy atom. The number of ether oxygens (including phenoxy) is 1. The first-order valence-corrected chi connectivity index (χ1v) is 9.66. The minimum atomic E-state index is 0.532. The van der Waals surface area contributed by atoms with E-state index in [0.29, 0.717) is 10.6 Å². The number of allylic oxidation sites excluding steroid dienone is 1. The van der Waals surface area contributed by atoms with Crippen LogP contribution in [0.4, 0.5) is 0 Å². The molecule has 0 radical (unpaired) electrons. The van der Waals surface area contributed by atoms with Gasteiger partial charge in [-0.05, 0) is 35.9 Å². The molecule has 0 amide bonds. The van der Waals surface area contributed by atoms with Gasteiger partial charge in [0.15, 0.2) is 0 Å². The SMILES string of the molecule is N#CC(=Cc1cccc(Oc2ccccc2)c1)c1nc(-c2ccccc2)cs1. The van der Waals surface area contributed by atoms with E-state index in [0.717, 1.165) is 28.3 Å². The fourth-order valence-corrected chi connectivity index (χ4v) is 3.53. The maximum atomic E-state index is 9.64. The molecule has 1 aromatic heterocycles. The van der Waals surface area contributed by atoms with Gasteiger partial charge in [0, 0.05) is 10.9 Å². The zero-order valence-corrected chi connectivity index (χ0v) is 15.8. The molecule has 0 aliphatic carbocycles. The Morgan fingerprint density at radius 2 is 1.61 bits per heavy atom. The largest absolute Gasteiger partial charge is 0.457 e.